The van der Waals surface area contributed by atoms with Gasteiger partial charge in [0.15, 0.2) is 0 Å². The molecule has 0 aromatic carbocycles. The second-order valence-corrected chi connectivity index (χ2v) is 4.21. The first-order chi connectivity index (χ1) is 6.29. The molecule has 1 unspecified atom stereocenters. The van der Waals surface area contributed by atoms with Gasteiger partial charge in [-0.3, -0.25) is 0 Å². The first-order valence-corrected chi connectivity index (χ1v) is 5.08. The minimum absolute atomic E-state index is 0.708. The number of nitrogens with zero attached hydrogens (tertiary/aromatic N) is 2. The molecule has 2 heteroatoms. The van der Waals surface area contributed by atoms with E-state index in [0.29, 0.717) is 5.92 Å². The van der Waals surface area contributed by atoms with Crippen molar-refractivity contribution < 1.29 is 0 Å². The van der Waals surface area contributed by atoms with Crippen molar-refractivity contribution in [1.29, 1.82) is 0 Å². The highest BCUT2D eigenvalue weighted by molar-refractivity contribution is 5.27. The van der Waals surface area contributed by atoms with Crippen LogP contribution < -0.4 is 0 Å². The number of hydrogen-bond donors (Lipinski definition) is 0. The lowest BCUT2D eigenvalue weighted by atomic mass is 9.78. The summed E-state index contributed by atoms with van der Waals surface area (Å²) >= 11 is 0. The second kappa shape index (κ2) is 3.44. The lowest BCUT2D eigenvalue weighted by Crippen LogP contribution is -2.15. The predicted molar refractivity (Wildman–Crippen MR) is 52.5 cm³/mol. The van der Waals surface area contributed by atoms with E-state index in [4.69, 9.17) is 0 Å². The average Bonchev–Trinajstić information content (AvgIpc) is 2.17. The van der Waals surface area contributed by atoms with Crippen LogP contribution in [-0.4, -0.2) is 10.2 Å². The summed E-state index contributed by atoms with van der Waals surface area (Å²) in [5.74, 6) is 1.43. The Morgan fingerprint density at radius 1 is 1.31 bits per heavy atom. The molecule has 0 saturated carbocycles. The quantitative estimate of drug-likeness (QED) is 0.657. The molecule has 2 nitrogen and oxygen atoms in total. The molecular formula is C11H16N2. The fraction of sp³-hybridized carbons (Fsp3) is 0.636. The van der Waals surface area contributed by atoms with E-state index in [1.54, 1.807) is 0 Å². The predicted octanol–water partition coefficient (Wildman–Crippen LogP) is 2.55. The van der Waals surface area contributed by atoms with E-state index in [1.807, 2.05) is 12.4 Å². The SMILES string of the molecule is CC(C)C1CCCc2cnncc21. The summed E-state index contributed by atoms with van der Waals surface area (Å²) in [5, 5.41) is 7.92. The molecule has 2 rings (SSSR count). The number of fused-ring (bicyclic) bond motifs is 1. The van der Waals surface area contributed by atoms with Crippen molar-refractivity contribution in [1.82, 2.24) is 10.2 Å². The molecule has 13 heavy (non-hydrogen) atoms. The zero-order valence-corrected chi connectivity index (χ0v) is 8.33. The van der Waals surface area contributed by atoms with Crippen LogP contribution in [0.15, 0.2) is 12.4 Å². The van der Waals surface area contributed by atoms with Gasteiger partial charge in [0.1, 0.15) is 0 Å². The summed E-state index contributed by atoms with van der Waals surface area (Å²) in [6.07, 6.45) is 7.70. The summed E-state index contributed by atoms with van der Waals surface area (Å²) in [6.45, 7) is 4.58. The topological polar surface area (TPSA) is 25.8 Å². The van der Waals surface area contributed by atoms with Gasteiger partial charge in [-0.05, 0) is 42.2 Å². The Bertz CT molecular complexity index is 294. The fourth-order valence-electron chi connectivity index (χ4n) is 2.26. The van der Waals surface area contributed by atoms with Crippen molar-refractivity contribution in [2.45, 2.75) is 39.0 Å². The molecule has 0 bridgehead atoms. The van der Waals surface area contributed by atoms with E-state index in [0.717, 1.165) is 5.92 Å². The molecule has 1 aliphatic carbocycles. The average molecular weight is 176 g/mol. The van der Waals surface area contributed by atoms with Crippen LogP contribution in [0.2, 0.25) is 0 Å². The van der Waals surface area contributed by atoms with Crippen molar-refractivity contribution in [2.75, 3.05) is 0 Å². The molecule has 0 saturated heterocycles. The summed E-state index contributed by atoms with van der Waals surface area (Å²) in [7, 11) is 0. The molecule has 1 heterocycles. The fourth-order valence-corrected chi connectivity index (χ4v) is 2.26. The normalized spacial score (nSPS) is 21.6. The van der Waals surface area contributed by atoms with Gasteiger partial charge in [-0.1, -0.05) is 13.8 Å². The molecule has 0 radical (unpaired) electrons. The van der Waals surface area contributed by atoms with Gasteiger partial charge in [0.2, 0.25) is 0 Å². The van der Waals surface area contributed by atoms with Gasteiger partial charge < -0.3 is 0 Å². The Kier molecular flexibility index (Phi) is 2.30. The second-order valence-electron chi connectivity index (χ2n) is 4.21. The van der Waals surface area contributed by atoms with Crippen LogP contribution in [0, 0.1) is 5.92 Å². The van der Waals surface area contributed by atoms with Gasteiger partial charge in [0.25, 0.3) is 0 Å². The van der Waals surface area contributed by atoms with Crippen LogP contribution in [-0.2, 0) is 6.42 Å². The molecule has 1 atom stereocenters. The molecule has 0 fully saturated rings. The Labute approximate surface area is 79.4 Å². The standard InChI is InChI=1S/C11H16N2/c1-8(2)10-5-3-4-9-6-12-13-7-11(9)10/h6-8,10H,3-5H2,1-2H3. The van der Waals surface area contributed by atoms with Crippen LogP contribution in [0.25, 0.3) is 0 Å². The molecule has 0 spiro atoms. The van der Waals surface area contributed by atoms with Crippen molar-refractivity contribution in [2.24, 2.45) is 5.92 Å². The van der Waals surface area contributed by atoms with Crippen LogP contribution in [0.5, 0.6) is 0 Å². The Hall–Kier alpha value is -0.920. The van der Waals surface area contributed by atoms with Gasteiger partial charge in [-0.2, -0.15) is 10.2 Å². The molecule has 0 aliphatic heterocycles. The zero-order valence-electron chi connectivity index (χ0n) is 8.33. The highest BCUT2D eigenvalue weighted by Crippen LogP contribution is 2.35. The van der Waals surface area contributed by atoms with E-state index in [2.05, 4.69) is 24.0 Å². The molecular weight excluding hydrogens is 160 g/mol. The lowest BCUT2D eigenvalue weighted by molar-refractivity contribution is 0.431. The van der Waals surface area contributed by atoms with Gasteiger partial charge in [-0.15, -0.1) is 0 Å². The summed E-state index contributed by atoms with van der Waals surface area (Å²) in [4.78, 5) is 0. The minimum Gasteiger partial charge on any atom is -0.159 e. The van der Waals surface area contributed by atoms with Crippen molar-refractivity contribution in [3.63, 3.8) is 0 Å². The zero-order chi connectivity index (χ0) is 9.26. The highest BCUT2D eigenvalue weighted by atomic mass is 15.1. The van der Waals surface area contributed by atoms with E-state index in [-0.39, 0.29) is 0 Å². The molecule has 1 aromatic heterocycles. The van der Waals surface area contributed by atoms with Gasteiger partial charge in [0, 0.05) is 0 Å². The maximum atomic E-state index is 3.98. The summed E-state index contributed by atoms with van der Waals surface area (Å²) in [6, 6.07) is 0. The Morgan fingerprint density at radius 3 is 2.85 bits per heavy atom. The van der Waals surface area contributed by atoms with Crippen LogP contribution in [0.1, 0.15) is 43.7 Å². The molecule has 0 N–H and O–H groups in total. The van der Waals surface area contributed by atoms with Gasteiger partial charge in [0.05, 0.1) is 12.4 Å². The summed E-state index contributed by atoms with van der Waals surface area (Å²) < 4.78 is 0. The number of aromatic nitrogens is 2. The van der Waals surface area contributed by atoms with Crippen LogP contribution >= 0.6 is 0 Å². The highest BCUT2D eigenvalue weighted by Gasteiger charge is 2.22. The van der Waals surface area contributed by atoms with E-state index < -0.39 is 0 Å². The Balaban J connectivity index is 2.37. The maximum absolute atomic E-state index is 3.98. The van der Waals surface area contributed by atoms with Gasteiger partial charge in [-0.25, -0.2) is 0 Å². The largest absolute Gasteiger partial charge is 0.159 e. The molecule has 1 aliphatic rings. The molecule has 70 valence electrons. The smallest absolute Gasteiger partial charge is 0.0533 e. The summed E-state index contributed by atoms with van der Waals surface area (Å²) in [5.41, 5.74) is 2.86. The third-order valence-electron chi connectivity index (χ3n) is 3.01. The van der Waals surface area contributed by atoms with Gasteiger partial charge >= 0.3 is 0 Å². The van der Waals surface area contributed by atoms with Crippen LogP contribution in [0.3, 0.4) is 0 Å². The van der Waals surface area contributed by atoms with E-state index in [9.17, 15) is 0 Å². The lowest BCUT2D eigenvalue weighted by Gasteiger charge is -2.27. The third-order valence-corrected chi connectivity index (χ3v) is 3.01. The first kappa shape index (κ1) is 8.67. The van der Waals surface area contributed by atoms with Crippen LogP contribution in [0.4, 0.5) is 0 Å². The van der Waals surface area contributed by atoms with Crippen molar-refractivity contribution >= 4 is 0 Å². The van der Waals surface area contributed by atoms with Crippen molar-refractivity contribution in [3.05, 3.63) is 23.5 Å². The molecule has 1 aromatic rings. The van der Waals surface area contributed by atoms with Crippen molar-refractivity contribution in [3.8, 4) is 0 Å². The first-order valence-electron chi connectivity index (χ1n) is 5.08. The minimum atomic E-state index is 0.708. The van der Waals surface area contributed by atoms with E-state index in [1.165, 1.54) is 30.4 Å². The number of aryl methyl sites for hydroxylation is 1. The number of hydrogen-bond acceptors (Lipinski definition) is 2. The Morgan fingerprint density at radius 2 is 2.08 bits per heavy atom. The monoisotopic (exact) mass is 176 g/mol. The maximum Gasteiger partial charge on any atom is 0.0533 e. The number of rotatable bonds is 1. The molecule has 0 amide bonds. The van der Waals surface area contributed by atoms with E-state index >= 15 is 0 Å². The third kappa shape index (κ3) is 1.58.